The summed E-state index contributed by atoms with van der Waals surface area (Å²) in [4.78, 5) is 0. The van der Waals surface area contributed by atoms with Crippen LogP contribution in [0.1, 0.15) is 46.3 Å². The molecule has 0 heterocycles. The van der Waals surface area contributed by atoms with Crippen LogP contribution >= 0.6 is 0 Å². The molecule has 4 rings (SSSR count). The molecule has 1 unspecified atom stereocenters. The van der Waals surface area contributed by atoms with Crippen molar-refractivity contribution < 1.29 is 17.9 Å². The molecule has 4 aromatic rings. The fraction of sp³-hybridized carbons (Fsp3) is 0.188. The summed E-state index contributed by atoms with van der Waals surface area (Å²) in [6, 6.07) is 30.7. The van der Waals surface area contributed by atoms with Gasteiger partial charge in [0.25, 0.3) is 0 Å². The lowest BCUT2D eigenvalue weighted by Crippen LogP contribution is -2.16. The summed E-state index contributed by atoms with van der Waals surface area (Å²) >= 11 is 0. The van der Waals surface area contributed by atoms with Crippen molar-refractivity contribution in [3.63, 3.8) is 0 Å². The van der Waals surface area contributed by atoms with E-state index in [2.05, 4.69) is 17.2 Å². The number of hydrogen-bond acceptors (Lipinski definition) is 1. The highest BCUT2D eigenvalue weighted by molar-refractivity contribution is 5.45. The van der Waals surface area contributed by atoms with Crippen LogP contribution in [0, 0.1) is 11.8 Å². The predicted molar refractivity (Wildman–Crippen MR) is 140 cm³/mol. The van der Waals surface area contributed by atoms with Crippen molar-refractivity contribution in [1.29, 1.82) is 0 Å². The van der Waals surface area contributed by atoms with Gasteiger partial charge >= 0.3 is 6.18 Å². The van der Waals surface area contributed by atoms with Gasteiger partial charge in [-0.05, 0) is 71.6 Å². The van der Waals surface area contributed by atoms with Crippen LogP contribution in [-0.4, -0.2) is 6.54 Å². The van der Waals surface area contributed by atoms with E-state index in [1.807, 2.05) is 85.8 Å². The molecule has 1 radical (unpaired) electrons. The summed E-state index contributed by atoms with van der Waals surface area (Å²) in [5.74, 6) is 7.14. The summed E-state index contributed by atoms with van der Waals surface area (Å²) in [6.07, 6.45) is -3.73. The van der Waals surface area contributed by atoms with Crippen LogP contribution in [-0.2, 0) is 19.2 Å². The van der Waals surface area contributed by atoms with E-state index in [0.717, 1.165) is 45.7 Å². The first-order valence-electron chi connectivity index (χ1n) is 12.1. The topological polar surface area (TPSA) is 23.3 Å². The summed E-state index contributed by atoms with van der Waals surface area (Å²) < 4.78 is 44.5. The molecule has 5 heteroatoms. The van der Waals surface area contributed by atoms with E-state index in [-0.39, 0.29) is 6.04 Å². The summed E-state index contributed by atoms with van der Waals surface area (Å²) in [7, 11) is 0. The smallest absolute Gasteiger partial charge is 0.416 e. The zero-order valence-corrected chi connectivity index (χ0v) is 20.5. The van der Waals surface area contributed by atoms with Gasteiger partial charge in [-0.1, -0.05) is 73.4 Å². The molecule has 0 aliphatic heterocycles. The highest BCUT2D eigenvalue weighted by Gasteiger charge is 2.30. The van der Waals surface area contributed by atoms with Crippen molar-refractivity contribution in [1.82, 2.24) is 5.32 Å². The van der Waals surface area contributed by atoms with Gasteiger partial charge in [-0.15, -0.1) is 0 Å². The molecule has 0 spiro atoms. The Morgan fingerprint density at radius 1 is 0.730 bits per heavy atom. The lowest BCUT2D eigenvalue weighted by molar-refractivity contribution is -0.137. The van der Waals surface area contributed by atoms with E-state index >= 15 is 0 Å². The van der Waals surface area contributed by atoms with E-state index in [9.17, 15) is 13.2 Å². The second-order valence-corrected chi connectivity index (χ2v) is 8.58. The quantitative estimate of drug-likeness (QED) is 0.230. The van der Waals surface area contributed by atoms with Crippen LogP contribution in [0.2, 0.25) is 0 Å². The normalized spacial score (nSPS) is 11.9. The van der Waals surface area contributed by atoms with Gasteiger partial charge in [0, 0.05) is 17.7 Å². The van der Waals surface area contributed by atoms with E-state index in [1.165, 1.54) is 12.1 Å². The van der Waals surface area contributed by atoms with E-state index < -0.39 is 11.7 Å². The Morgan fingerprint density at radius 2 is 1.32 bits per heavy atom. The maximum atomic E-state index is 12.9. The van der Waals surface area contributed by atoms with Crippen molar-refractivity contribution >= 4 is 0 Å². The number of likely N-dealkylation sites (N-methyl/N-ethyl adjacent to an activating group) is 1. The van der Waals surface area contributed by atoms with E-state index in [0.29, 0.717) is 19.6 Å². The lowest BCUT2D eigenvalue weighted by atomic mass is 9.97. The summed E-state index contributed by atoms with van der Waals surface area (Å²) in [5, 5.41) is 4.60. The predicted octanol–water partition coefficient (Wildman–Crippen LogP) is 7.59. The molecular weight excluding hydrogens is 471 g/mol. The van der Waals surface area contributed by atoms with E-state index in [4.69, 9.17) is 4.74 Å². The van der Waals surface area contributed by atoms with Crippen LogP contribution in [0.15, 0.2) is 103 Å². The Labute approximate surface area is 216 Å². The average molecular weight is 499 g/mol. The number of halogens is 3. The standard InChI is InChI=1S/C32H27F3NO/c1-2-36-31(28-16-18-29(19-17-28)32(33,34)35)22-26-12-10-24(11-13-26)8-9-25-14-20-30(21-15-25)37-23-27-6-4-3-5-7-27/h3-7,10-21,31H,2,22-23H2,1H3. The number of alkyl halides is 3. The summed E-state index contributed by atoms with van der Waals surface area (Å²) in [6.45, 7) is 3.03. The number of benzene rings is 4. The molecule has 37 heavy (non-hydrogen) atoms. The van der Waals surface area contributed by atoms with Gasteiger partial charge in [0.1, 0.15) is 12.4 Å². The Balaban J connectivity index is 1.36. The van der Waals surface area contributed by atoms with Crippen molar-refractivity contribution in [2.45, 2.75) is 32.2 Å². The largest absolute Gasteiger partial charge is 0.489 e. The van der Waals surface area contributed by atoms with Gasteiger partial charge in [0.15, 0.2) is 0 Å². The molecule has 0 N–H and O–H groups in total. The molecule has 0 aliphatic carbocycles. The number of ether oxygens (including phenoxy) is 1. The third-order valence-corrected chi connectivity index (χ3v) is 5.86. The van der Waals surface area contributed by atoms with Crippen molar-refractivity contribution in [2.24, 2.45) is 0 Å². The fourth-order valence-electron chi connectivity index (χ4n) is 3.87. The first kappa shape index (κ1) is 26.1. The molecule has 0 saturated carbocycles. The van der Waals surface area contributed by atoms with Gasteiger partial charge in [0.05, 0.1) is 11.6 Å². The second-order valence-electron chi connectivity index (χ2n) is 8.58. The molecule has 187 valence electrons. The van der Waals surface area contributed by atoms with Crippen LogP contribution < -0.4 is 10.1 Å². The Kier molecular flexibility index (Phi) is 8.66. The first-order chi connectivity index (χ1) is 17.9. The zero-order chi connectivity index (χ0) is 26.1. The van der Waals surface area contributed by atoms with Gasteiger partial charge in [-0.3, -0.25) is 0 Å². The molecule has 0 amide bonds. The second kappa shape index (κ2) is 12.3. The van der Waals surface area contributed by atoms with Gasteiger partial charge < -0.3 is 4.74 Å². The molecule has 1 atom stereocenters. The number of rotatable bonds is 8. The average Bonchev–Trinajstić information content (AvgIpc) is 2.92. The van der Waals surface area contributed by atoms with Crippen LogP contribution in [0.5, 0.6) is 5.75 Å². The minimum atomic E-state index is -4.34. The van der Waals surface area contributed by atoms with Gasteiger partial charge in [-0.25, -0.2) is 5.32 Å². The maximum absolute atomic E-state index is 12.9. The summed E-state index contributed by atoms with van der Waals surface area (Å²) in [5.41, 5.74) is 4.06. The Morgan fingerprint density at radius 3 is 1.89 bits per heavy atom. The van der Waals surface area contributed by atoms with Crippen molar-refractivity contribution in [2.75, 3.05) is 6.54 Å². The Bertz CT molecular complexity index is 1320. The Hall–Kier alpha value is -4.01. The molecule has 0 saturated heterocycles. The third kappa shape index (κ3) is 7.73. The van der Waals surface area contributed by atoms with Crippen LogP contribution in [0.25, 0.3) is 0 Å². The van der Waals surface area contributed by atoms with Crippen LogP contribution in [0.3, 0.4) is 0 Å². The molecule has 4 aromatic carbocycles. The van der Waals surface area contributed by atoms with E-state index in [1.54, 1.807) is 0 Å². The number of nitrogens with zero attached hydrogens (tertiary/aromatic N) is 1. The molecule has 0 aromatic heterocycles. The molecule has 0 fully saturated rings. The zero-order valence-electron chi connectivity index (χ0n) is 20.5. The highest BCUT2D eigenvalue weighted by Crippen LogP contribution is 2.30. The molecule has 2 nitrogen and oxygen atoms in total. The lowest BCUT2D eigenvalue weighted by Gasteiger charge is -2.18. The third-order valence-electron chi connectivity index (χ3n) is 5.86. The SMILES string of the molecule is CC[N]C(Cc1ccc(C#Cc2ccc(OCc3ccccc3)cc2)cc1)c1ccc(C(F)(F)F)cc1. The minimum Gasteiger partial charge on any atom is -0.489 e. The first-order valence-corrected chi connectivity index (χ1v) is 12.1. The minimum absolute atomic E-state index is 0.202. The van der Waals surface area contributed by atoms with Gasteiger partial charge in [-0.2, -0.15) is 13.2 Å². The highest BCUT2D eigenvalue weighted by atomic mass is 19.4. The maximum Gasteiger partial charge on any atom is 0.416 e. The molecule has 0 bridgehead atoms. The van der Waals surface area contributed by atoms with Crippen LogP contribution in [0.4, 0.5) is 13.2 Å². The van der Waals surface area contributed by atoms with Crippen molar-refractivity contribution in [3.05, 3.63) is 137 Å². The molecule has 0 aliphatic rings. The fourth-order valence-corrected chi connectivity index (χ4v) is 3.87. The molecular formula is C32H27F3NO. The van der Waals surface area contributed by atoms with Gasteiger partial charge in [0.2, 0.25) is 0 Å². The number of hydrogen-bond donors (Lipinski definition) is 0. The monoisotopic (exact) mass is 498 g/mol. The van der Waals surface area contributed by atoms with Crippen molar-refractivity contribution in [3.8, 4) is 17.6 Å².